The number of halogens is 1. The molecule has 0 saturated carbocycles. The molecule has 0 aliphatic carbocycles. The smallest absolute Gasteiger partial charge is 0.275 e. The Kier molecular flexibility index (Phi) is 6.53. The minimum absolute atomic E-state index is 0.204. The number of para-hydroxylation sites is 1. The average molecular weight is 510 g/mol. The van der Waals surface area contributed by atoms with E-state index in [0.29, 0.717) is 32.9 Å². The van der Waals surface area contributed by atoms with Gasteiger partial charge in [0.25, 0.3) is 11.6 Å². The van der Waals surface area contributed by atoms with Gasteiger partial charge in [-0.25, -0.2) is 4.98 Å². The highest BCUT2D eigenvalue weighted by atomic mass is 35.5. The summed E-state index contributed by atoms with van der Waals surface area (Å²) in [6, 6.07) is 27.8. The number of amides is 1. The number of benzene rings is 4. The van der Waals surface area contributed by atoms with E-state index < -0.39 is 10.8 Å². The summed E-state index contributed by atoms with van der Waals surface area (Å²) in [6.07, 6.45) is 0. The van der Waals surface area contributed by atoms with Gasteiger partial charge in [0.2, 0.25) is 0 Å². The average Bonchev–Trinajstić information content (AvgIpc) is 2.90. The molecule has 0 saturated heterocycles. The summed E-state index contributed by atoms with van der Waals surface area (Å²) in [5.41, 5.74) is 3.38. The lowest BCUT2D eigenvalue weighted by Crippen LogP contribution is -2.13. The van der Waals surface area contributed by atoms with Crippen molar-refractivity contribution in [2.24, 2.45) is 0 Å². The maximum absolute atomic E-state index is 13.5. The van der Waals surface area contributed by atoms with Crippen LogP contribution in [0.3, 0.4) is 0 Å². The maximum Gasteiger partial charge on any atom is 0.275 e. The number of fused-ring (bicyclic) bond motifs is 1. The summed E-state index contributed by atoms with van der Waals surface area (Å²) in [5, 5.41) is 15.6. The van der Waals surface area contributed by atoms with Crippen molar-refractivity contribution >= 4 is 39.8 Å². The first kappa shape index (κ1) is 24.0. The molecule has 1 aromatic heterocycles. The zero-order valence-electron chi connectivity index (χ0n) is 19.6. The fourth-order valence-electron chi connectivity index (χ4n) is 3.96. The predicted molar refractivity (Wildman–Crippen MR) is 144 cm³/mol. The van der Waals surface area contributed by atoms with Crippen molar-refractivity contribution in [2.45, 2.75) is 6.92 Å². The molecular formula is C29H20ClN3O4. The molecule has 7 nitrogen and oxygen atoms in total. The van der Waals surface area contributed by atoms with E-state index in [1.54, 1.807) is 24.3 Å². The van der Waals surface area contributed by atoms with Crippen LogP contribution < -0.4 is 10.1 Å². The predicted octanol–water partition coefficient (Wildman–Crippen LogP) is 7.82. The van der Waals surface area contributed by atoms with Crippen LogP contribution in [-0.2, 0) is 0 Å². The number of carbonyl (C=O) groups is 1. The summed E-state index contributed by atoms with van der Waals surface area (Å²) in [4.78, 5) is 29.3. The van der Waals surface area contributed by atoms with Gasteiger partial charge in [-0.1, -0.05) is 60.1 Å². The third-order valence-electron chi connectivity index (χ3n) is 5.76. The van der Waals surface area contributed by atoms with Crippen LogP contribution in [0.15, 0.2) is 97.1 Å². The fourth-order valence-corrected chi connectivity index (χ4v) is 4.07. The quantitative estimate of drug-likeness (QED) is 0.186. The molecule has 0 radical (unpaired) electrons. The molecule has 182 valence electrons. The number of nitro groups is 1. The maximum atomic E-state index is 13.5. The second kappa shape index (κ2) is 10.1. The Labute approximate surface area is 217 Å². The van der Waals surface area contributed by atoms with E-state index >= 15 is 0 Å². The van der Waals surface area contributed by atoms with Crippen molar-refractivity contribution in [3.05, 3.63) is 123 Å². The largest absolute Gasteiger partial charge is 0.457 e. The second-order valence-corrected chi connectivity index (χ2v) is 8.79. The lowest BCUT2D eigenvalue weighted by molar-refractivity contribution is -0.384. The molecule has 0 aliphatic heterocycles. The van der Waals surface area contributed by atoms with E-state index in [4.69, 9.17) is 21.3 Å². The minimum Gasteiger partial charge on any atom is -0.457 e. The number of nitrogens with one attached hydrogen (secondary N) is 1. The van der Waals surface area contributed by atoms with Gasteiger partial charge in [-0.15, -0.1) is 0 Å². The van der Waals surface area contributed by atoms with Crippen molar-refractivity contribution in [1.82, 2.24) is 4.98 Å². The Hall–Kier alpha value is -4.75. The summed E-state index contributed by atoms with van der Waals surface area (Å²) >= 11 is 6.09. The number of rotatable bonds is 6. The van der Waals surface area contributed by atoms with Crippen LogP contribution in [0.1, 0.15) is 15.9 Å². The first-order chi connectivity index (χ1) is 17.9. The number of nitrogens with zero attached hydrogens (tertiary/aromatic N) is 2. The number of non-ortho nitro benzene ring substituents is 1. The zero-order chi connectivity index (χ0) is 25.9. The molecule has 0 bridgehead atoms. The number of hydrogen-bond acceptors (Lipinski definition) is 5. The highest BCUT2D eigenvalue weighted by Gasteiger charge is 2.17. The molecule has 0 unspecified atom stereocenters. The molecule has 0 fully saturated rings. The number of ether oxygens (including phenoxy) is 1. The van der Waals surface area contributed by atoms with Crippen LogP contribution in [0.25, 0.3) is 22.2 Å². The Balaban J connectivity index is 1.52. The van der Waals surface area contributed by atoms with E-state index in [2.05, 4.69) is 5.32 Å². The zero-order valence-corrected chi connectivity index (χ0v) is 20.4. The van der Waals surface area contributed by atoms with Crippen molar-refractivity contribution in [3.63, 3.8) is 0 Å². The molecule has 1 N–H and O–H groups in total. The molecule has 1 amide bonds. The number of anilines is 1. The molecule has 5 aromatic rings. The van der Waals surface area contributed by atoms with E-state index in [9.17, 15) is 14.9 Å². The molecule has 0 atom stereocenters. The Bertz CT molecular complexity index is 1650. The molecule has 37 heavy (non-hydrogen) atoms. The van der Waals surface area contributed by atoms with Crippen molar-refractivity contribution < 1.29 is 14.5 Å². The Morgan fingerprint density at radius 2 is 1.68 bits per heavy atom. The van der Waals surface area contributed by atoms with Crippen LogP contribution in [0.5, 0.6) is 11.5 Å². The fraction of sp³-hybridized carbons (Fsp3) is 0.0345. The number of pyridine rings is 1. The van der Waals surface area contributed by atoms with Gasteiger partial charge in [0.1, 0.15) is 11.5 Å². The summed E-state index contributed by atoms with van der Waals surface area (Å²) in [6.45, 7) is 1.83. The van der Waals surface area contributed by atoms with Crippen LogP contribution in [0.2, 0.25) is 5.02 Å². The van der Waals surface area contributed by atoms with Gasteiger partial charge < -0.3 is 10.1 Å². The molecule has 0 spiro atoms. The first-order valence-corrected chi connectivity index (χ1v) is 11.8. The van der Waals surface area contributed by atoms with Crippen molar-refractivity contribution in [3.8, 4) is 22.8 Å². The molecule has 4 aromatic carbocycles. The lowest BCUT2D eigenvalue weighted by Gasteiger charge is -2.12. The van der Waals surface area contributed by atoms with Crippen LogP contribution in [-0.4, -0.2) is 15.8 Å². The molecule has 5 rings (SSSR count). The number of hydrogen-bond donors (Lipinski definition) is 1. The number of carbonyl (C=O) groups excluding carboxylic acids is 1. The summed E-state index contributed by atoms with van der Waals surface area (Å²) in [7, 11) is 0. The van der Waals surface area contributed by atoms with E-state index in [1.165, 1.54) is 18.2 Å². The van der Waals surface area contributed by atoms with Crippen molar-refractivity contribution in [1.29, 1.82) is 0 Å². The van der Waals surface area contributed by atoms with E-state index in [1.807, 2.05) is 61.5 Å². The van der Waals surface area contributed by atoms with Crippen LogP contribution in [0.4, 0.5) is 11.4 Å². The Morgan fingerprint density at radius 1 is 0.919 bits per heavy atom. The molecule has 1 heterocycles. The van der Waals surface area contributed by atoms with Crippen molar-refractivity contribution in [2.75, 3.05) is 5.32 Å². The normalized spacial score (nSPS) is 10.8. The number of nitro benzene ring substituents is 1. The van der Waals surface area contributed by atoms with Gasteiger partial charge in [-0.05, 0) is 42.8 Å². The van der Waals surface area contributed by atoms with E-state index in [-0.39, 0.29) is 17.1 Å². The topological polar surface area (TPSA) is 94.4 Å². The SMILES string of the molecule is Cc1cc(Oc2cc(NC(=O)c3cc(-c4ccccc4)nc4ccccc34)cc([N+](=O)[O-])c2)ccc1Cl. The van der Waals surface area contributed by atoms with Gasteiger partial charge in [-0.2, -0.15) is 0 Å². The van der Waals surface area contributed by atoms with E-state index in [0.717, 1.165) is 11.1 Å². The monoisotopic (exact) mass is 509 g/mol. The Morgan fingerprint density at radius 3 is 2.43 bits per heavy atom. The van der Waals surface area contributed by atoms with Gasteiger partial charge in [0, 0.05) is 28.1 Å². The third kappa shape index (κ3) is 5.27. The number of aryl methyl sites for hydroxylation is 1. The highest BCUT2D eigenvalue weighted by Crippen LogP contribution is 2.32. The van der Waals surface area contributed by atoms with Gasteiger partial charge in [0.05, 0.1) is 33.5 Å². The molecule has 0 aliphatic rings. The van der Waals surface area contributed by atoms with Gasteiger partial charge in [0.15, 0.2) is 0 Å². The highest BCUT2D eigenvalue weighted by molar-refractivity contribution is 6.31. The first-order valence-electron chi connectivity index (χ1n) is 11.4. The molecular weight excluding hydrogens is 490 g/mol. The third-order valence-corrected chi connectivity index (χ3v) is 6.18. The minimum atomic E-state index is -0.537. The summed E-state index contributed by atoms with van der Waals surface area (Å²) in [5.74, 6) is 0.243. The van der Waals surface area contributed by atoms with Crippen LogP contribution in [0, 0.1) is 17.0 Å². The van der Waals surface area contributed by atoms with Gasteiger partial charge >= 0.3 is 0 Å². The molecule has 8 heteroatoms. The lowest BCUT2D eigenvalue weighted by atomic mass is 10.0. The standard InChI is InChI=1S/C29H20ClN3O4/c1-18-13-22(11-12-26(18)30)37-23-15-20(14-21(16-23)33(35)36)31-29(34)25-17-28(19-7-3-2-4-8-19)32-27-10-6-5-9-24(25)27/h2-17H,1H3,(H,31,34). The second-order valence-electron chi connectivity index (χ2n) is 8.38. The summed E-state index contributed by atoms with van der Waals surface area (Å²) < 4.78 is 5.86. The van der Waals surface area contributed by atoms with Gasteiger partial charge in [-0.3, -0.25) is 14.9 Å². The van der Waals surface area contributed by atoms with Crippen LogP contribution >= 0.6 is 11.6 Å². The number of aromatic nitrogens is 1.